The van der Waals surface area contributed by atoms with Crippen molar-refractivity contribution in [3.8, 4) is 5.75 Å². The van der Waals surface area contributed by atoms with Crippen LogP contribution < -0.4 is 4.74 Å². The van der Waals surface area contributed by atoms with Crippen LogP contribution in [0.1, 0.15) is 33.4 Å². The van der Waals surface area contributed by atoms with Gasteiger partial charge < -0.3 is 14.3 Å². The zero-order chi connectivity index (χ0) is 17.8. The number of ketones is 1. The van der Waals surface area contributed by atoms with Gasteiger partial charge in [-0.3, -0.25) is 4.79 Å². The first-order valence-corrected chi connectivity index (χ1v) is 7.79. The van der Waals surface area contributed by atoms with Crippen molar-refractivity contribution in [2.75, 3.05) is 6.61 Å². The maximum atomic E-state index is 12.3. The lowest BCUT2D eigenvalue weighted by Crippen LogP contribution is -1.95. The number of aromatic carboxylic acids is 1. The van der Waals surface area contributed by atoms with Crippen LogP contribution in [0.4, 0.5) is 0 Å². The average Bonchev–Trinajstić information content (AvgIpc) is 3.05. The third kappa shape index (κ3) is 3.61. The molecule has 0 bridgehead atoms. The van der Waals surface area contributed by atoms with Crippen molar-refractivity contribution in [2.45, 2.75) is 6.92 Å². The Morgan fingerprint density at radius 2 is 1.92 bits per heavy atom. The fraction of sp³-hybridized carbons (Fsp3) is 0.100. The second-order valence-corrected chi connectivity index (χ2v) is 5.34. The molecule has 5 nitrogen and oxygen atoms in total. The lowest BCUT2D eigenvalue weighted by Gasteiger charge is -2.01. The number of carbonyl (C=O) groups excluding carboxylic acids is 1. The Balaban J connectivity index is 1.82. The molecule has 2 aromatic carbocycles. The molecule has 5 heteroatoms. The van der Waals surface area contributed by atoms with Crippen LogP contribution in [0.15, 0.2) is 59.0 Å². The normalized spacial score (nSPS) is 11.1. The van der Waals surface area contributed by atoms with Gasteiger partial charge in [0.2, 0.25) is 5.78 Å². The summed E-state index contributed by atoms with van der Waals surface area (Å²) in [4.78, 5) is 23.1. The number of carbonyl (C=O) groups is 2. The monoisotopic (exact) mass is 336 g/mol. The quantitative estimate of drug-likeness (QED) is 0.532. The molecule has 1 heterocycles. The van der Waals surface area contributed by atoms with Gasteiger partial charge in [-0.15, -0.1) is 0 Å². The highest BCUT2D eigenvalue weighted by Gasteiger charge is 2.13. The molecule has 1 N–H and O–H groups in total. The van der Waals surface area contributed by atoms with Gasteiger partial charge in [0.1, 0.15) is 0 Å². The molecular weight excluding hydrogens is 320 g/mol. The van der Waals surface area contributed by atoms with Gasteiger partial charge >= 0.3 is 5.97 Å². The molecule has 3 aromatic rings. The van der Waals surface area contributed by atoms with Crippen LogP contribution in [0.2, 0.25) is 0 Å². The van der Waals surface area contributed by atoms with E-state index in [0.717, 1.165) is 10.9 Å². The molecule has 0 radical (unpaired) electrons. The van der Waals surface area contributed by atoms with Crippen LogP contribution in [-0.2, 0) is 0 Å². The van der Waals surface area contributed by atoms with Crippen LogP contribution in [0.5, 0.6) is 5.75 Å². The summed E-state index contributed by atoms with van der Waals surface area (Å²) in [5, 5.41) is 9.68. The topological polar surface area (TPSA) is 76.7 Å². The third-order valence-electron chi connectivity index (χ3n) is 3.64. The summed E-state index contributed by atoms with van der Waals surface area (Å²) in [5.41, 5.74) is 1.47. The van der Waals surface area contributed by atoms with Gasteiger partial charge in [0.15, 0.2) is 17.1 Å². The SMILES string of the molecule is CCOc1cccc2cc(C(=O)/C=C\c3ccc(C(=O)O)cc3)oc12. The van der Waals surface area contributed by atoms with Crippen LogP contribution in [0.25, 0.3) is 17.0 Å². The van der Waals surface area contributed by atoms with E-state index in [-0.39, 0.29) is 17.1 Å². The number of allylic oxidation sites excluding steroid dienone is 1. The van der Waals surface area contributed by atoms with Crippen molar-refractivity contribution >= 4 is 28.8 Å². The molecule has 126 valence electrons. The highest BCUT2D eigenvalue weighted by atomic mass is 16.5. The Labute approximate surface area is 144 Å². The van der Waals surface area contributed by atoms with Crippen molar-refractivity contribution < 1.29 is 23.8 Å². The van der Waals surface area contributed by atoms with Crippen molar-refractivity contribution in [1.82, 2.24) is 0 Å². The molecule has 0 aliphatic carbocycles. The number of hydrogen-bond acceptors (Lipinski definition) is 4. The van der Waals surface area contributed by atoms with Crippen LogP contribution >= 0.6 is 0 Å². The van der Waals surface area contributed by atoms with Crippen LogP contribution in [0, 0.1) is 0 Å². The maximum absolute atomic E-state index is 12.3. The summed E-state index contributed by atoms with van der Waals surface area (Å²) < 4.78 is 11.1. The summed E-state index contributed by atoms with van der Waals surface area (Å²) in [6.07, 6.45) is 3.01. The van der Waals surface area contributed by atoms with E-state index >= 15 is 0 Å². The van der Waals surface area contributed by atoms with E-state index in [1.165, 1.54) is 18.2 Å². The van der Waals surface area contributed by atoms with E-state index in [4.69, 9.17) is 14.3 Å². The Bertz CT molecular complexity index is 948. The van der Waals surface area contributed by atoms with E-state index in [9.17, 15) is 9.59 Å². The third-order valence-corrected chi connectivity index (χ3v) is 3.64. The Kier molecular flexibility index (Phi) is 4.66. The summed E-state index contributed by atoms with van der Waals surface area (Å²) >= 11 is 0. The van der Waals surface area contributed by atoms with Gasteiger partial charge in [-0.25, -0.2) is 4.79 Å². The van der Waals surface area contributed by atoms with E-state index in [1.807, 2.05) is 19.1 Å². The smallest absolute Gasteiger partial charge is 0.335 e. The van der Waals surface area contributed by atoms with Crippen molar-refractivity contribution in [1.29, 1.82) is 0 Å². The molecule has 0 saturated carbocycles. The predicted octanol–water partition coefficient (Wildman–Crippen LogP) is 4.43. The number of fused-ring (bicyclic) bond motifs is 1. The fourth-order valence-corrected chi connectivity index (χ4v) is 2.42. The Hall–Kier alpha value is -3.34. The van der Waals surface area contributed by atoms with Crippen LogP contribution in [0.3, 0.4) is 0 Å². The number of hydrogen-bond donors (Lipinski definition) is 1. The fourth-order valence-electron chi connectivity index (χ4n) is 2.42. The second-order valence-electron chi connectivity index (χ2n) is 5.34. The van der Waals surface area contributed by atoms with Crippen molar-refractivity contribution in [2.24, 2.45) is 0 Å². The summed E-state index contributed by atoms with van der Waals surface area (Å²) in [5.74, 6) is -0.437. The lowest BCUT2D eigenvalue weighted by molar-refractivity contribution is 0.0696. The average molecular weight is 336 g/mol. The first kappa shape index (κ1) is 16.5. The summed E-state index contributed by atoms with van der Waals surface area (Å²) in [6.45, 7) is 2.39. The largest absolute Gasteiger partial charge is 0.490 e. The Morgan fingerprint density at radius 3 is 2.60 bits per heavy atom. The molecule has 0 atom stereocenters. The first-order valence-electron chi connectivity index (χ1n) is 7.79. The number of ether oxygens (including phenoxy) is 1. The second kappa shape index (κ2) is 7.05. The molecule has 0 fully saturated rings. The zero-order valence-electron chi connectivity index (χ0n) is 13.6. The number of benzene rings is 2. The number of rotatable bonds is 6. The predicted molar refractivity (Wildman–Crippen MR) is 94.1 cm³/mol. The molecule has 1 aromatic heterocycles. The number of carboxylic acids is 1. The van der Waals surface area contributed by atoms with Crippen molar-refractivity contribution in [3.05, 3.63) is 71.5 Å². The van der Waals surface area contributed by atoms with E-state index in [0.29, 0.717) is 17.9 Å². The first-order chi connectivity index (χ1) is 12.1. The minimum absolute atomic E-state index is 0.198. The van der Waals surface area contributed by atoms with E-state index < -0.39 is 5.97 Å². The van der Waals surface area contributed by atoms with Gasteiger partial charge in [-0.2, -0.15) is 0 Å². The number of furan rings is 1. The molecular formula is C20H16O5. The Morgan fingerprint density at radius 1 is 1.16 bits per heavy atom. The lowest BCUT2D eigenvalue weighted by atomic mass is 10.1. The highest BCUT2D eigenvalue weighted by molar-refractivity contribution is 6.07. The molecule has 0 amide bonds. The van der Waals surface area contributed by atoms with Gasteiger partial charge in [-0.05, 0) is 42.8 Å². The summed E-state index contributed by atoms with van der Waals surface area (Å²) in [7, 11) is 0. The van der Waals surface area contributed by atoms with E-state index in [2.05, 4.69) is 0 Å². The molecule has 0 aliphatic rings. The standard InChI is InChI=1S/C20H16O5/c1-2-24-17-5-3-4-15-12-18(25-19(15)17)16(21)11-8-13-6-9-14(10-7-13)20(22)23/h3-12H,2H2,1H3,(H,22,23)/b11-8-. The van der Waals surface area contributed by atoms with Gasteiger partial charge in [0, 0.05) is 5.39 Å². The molecule has 0 saturated heterocycles. The molecule has 0 unspecified atom stereocenters. The minimum atomic E-state index is -0.987. The highest BCUT2D eigenvalue weighted by Crippen LogP contribution is 2.29. The molecule has 0 aliphatic heterocycles. The number of carboxylic acid groups (broad SMARTS) is 1. The van der Waals surface area contributed by atoms with Gasteiger partial charge in [-0.1, -0.05) is 30.3 Å². The van der Waals surface area contributed by atoms with Gasteiger partial charge in [0.05, 0.1) is 12.2 Å². The van der Waals surface area contributed by atoms with Crippen molar-refractivity contribution in [3.63, 3.8) is 0 Å². The number of para-hydroxylation sites is 1. The zero-order valence-corrected chi connectivity index (χ0v) is 13.6. The minimum Gasteiger partial charge on any atom is -0.490 e. The van der Waals surface area contributed by atoms with Crippen LogP contribution in [-0.4, -0.2) is 23.5 Å². The van der Waals surface area contributed by atoms with E-state index in [1.54, 1.807) is 30.3 Å². The summed E-state index contributed by atoms with van der Waals surface area (Å²) in [6, 6.07) is 13.4. The van der Waals surface area contributed by atoms with Gasteiger partial charge in [0.25, 0.3) is 0 Å². The molecule has 3 rings (SSSR count). The molecule has 25 heavy (non-hydrogen) atoms. The molecule has 0 spiro atoms. The maximum Gasteiger partial charge on any atom is 0.335 e.